The van der Waals surface area contributed by atoms with Gasteiger partial charge in [0.05, 0.1) is 0 Å². The van der Waals surface area contributed by atoms with Crippen LogP contribution < -0.4 is 15.2 Å². The maximum absolute atomic E-state index is 13.2. The van der Waals surface area contributed by atoms with Gasteiger partial charge in [-0.25, -0.2) is 4.39 Å². The second kappa shape index (κ2) is 4.27. The molecule has 0 aliphatic carbocycles. The lowest BCUT2D eigenvalue weighted by Gasteiger charge is -2.14. The molecule has 0 fully saturated rings. The molecule has 92 valence electrons. The minimum atomic E-state index is -0.395. The van der Waals surface area contributed by atoms with Gasteiger partial charge in [-0.3, -0.25) is 4.98 Å². The molecular weight excluding hydrogens is 235 g/mol. The predicted molar refractivity (Wildman–Crippen MR) is 63.1 cm³/mol. The van der Waals surface area contributed by atoms with Gasteiger partial charge in [-0.1, -0.05) is 0 Å². The molecule has 2 aromatic rings. The zero-order valence-electron chi connectivity index (χ0n) is 9.47. The van der Waals surface area contributed by atoms with Crippen molar-refractivity contribution >= 4 is 0 Å². The lowest BCUT2D eigenvalue weighted by Crippen LogP contribution is -2.18. The second-order valence-electron chi connectivity index (χ2n) is 3.92. The third kappa shape index (κ3) is 1.78. The summed E-state index contributed by atoms with van der Waals surface area (Å²) >= 11 is 0. The zero-order chi connectivity index (χ0) is 12.5. The number of hydrogen-bond donors (Lipinski definition) is 1. The van der Waals surface area contributed by atoms with Crippen molar-refractivity contribution in [3.05, 3.63) is 48.0 Å². The van der Waals surface area contributed by atoms with Crippen molar-refractivity contribution in [1.82, 2.24) is 4.98 Å². The topological polar surface area (TPSA) is 57.4 Å². The highest BCUT2D eigenvalue weighted by atomic mass is 19.1. The average molecular weight is 246 g/mol. The van der Waals surface area contributed by atoms with Crippen molar-refractivity contribution in [3.8, 4) is 17.2 Å². The Morgan fingerprint density at radius 2 is 2.11 bits per heavy atom. The number of rotatable bonds is 1. The van der Waals surface area contributed by atoms with Gasteiger partial charge in [0, 0.05) is 18.8 Å². The third-order valence-corrected chi connectivity index (χ3v) is 2.71. The van der Waals surface area contributed by atoms with Crippen LogP contribution in [0.1, 0.15) is 11.8 Å². The number of benzene rings is 1. The highest BCUT2D eigenvalue weighted by Crippen LogP contribution is 2.40. The Morgan fingerprint density at radius 1 is 1.22 bits per heavy atom. The monoisotopic (exact) mass is 246 g/mol. The first-order valence-electron chi connectivity index (χ1n) is 5.57. The summed E-state index contributed by atoms with van der Waals surface area (Å²) in [6.45, 7) is 0.268. The molecular formula is C13H11FN2O2. The molecule has 0 unspecified atom stereocenters. The molecule has 18 heavy (non-hydrogen) atoms. The van der Waals surface area contributed by atoms with Gasteiger partial charge in [0.25, 0.3) is 0 Å². The molecule has 0 amide bonds. The van der Waals surface area contributed by atoms with Gasteiger partial charge in [-0.2, -0.15) is 0 Å². The van der Waals surface area contributed by atoms with E-state index in [1.807, 2.05) is 0 Å². The van der Waals surface area contributed by atoms with Crippen LogP contribution in [-0.4, -0.2) is 11.5 Å². The molecule has 5 heteroatoms. The number of fused-ring (bicyclic) bond motifs is 2. The third-order valence-electron chi connectivity index (χ3n) is 2.71. The minimum absolute atomic E-state index is 0.268. The van der Waals surface area contributed by atoms with Crippen molar-refractivity contribution in [2.75, 3.05) is 6.54 Å². The summed E-state index contributed by atoms with van der Waals surface area (Å²) < 4.78 is 24.5. The van der Waals surface area contributed by atoms with Gasteiger partial charge < -0.3 is 15.2 Å². The summed E-state index contributed by atoms with van der Waals surface area (Å²) in [6, 6.07) is 7.63. The van der Waals surface area contributed by atoms with Gasteiger partial charge in [0.1, 0.15) is 11.5 Å². The molecule has 3 rings (SSSR count). The van der Waals surface area contributed by atoms with E-state index in [9.17, 15) is 4.39 Å². The maximum Gasteiger partial charge on any atom is 0.172 e. The molecule has 4 nitrogen and oxygen atoms in total. The molecule has 0 spiro atoms. The molecule has 0 saturated carbocycles. The van der Waals surface area contributed by atoms with Gasteiger partial charge in [0.2, 0.25) is 0 Å². The maximum atomic E-state index is 13.2. The summed E-state index contributed by atoms with van der Waals surface area (Å²) in [5.41, 5.74) is 6.30. The highest BCUT2D eigenvalue weighted by Gasteiger charge is 2.24. The number of nitrogens with two attached hydrogens (primary N) is 1. The van der Waals surface area contributed by atoms with Crippen LogP contribution in [0.15, 0.2) is 36.5 Å². The number of nitrogens with zero attached hydrogens (tertiary/aromatic N) is 1. The Labute approximate surface area is 103 Å². The average Bonchev–Trinajstić information content (AvgIpc) is 2.54. The summed E-state index contributed by atoms with van der Waals surface area (Å²) in [4.78, 5) is 4.21. The van der Waals surface area contributed by atoms with Crippen molar-refractivity contribution in [2.24, 2.45) is 5.73 Å². The van der Waals surface area contributed by atoms with E-state index in [0.29, 0.717) is 22.9 Å². The van der Waals surface area contributed by atoms with Crippen LogP contribution in [-0.2, 0) is 0 Å². The van der Waals surface area contributed by atoms with Gasteiger partial charge in [-0.05, 0) is 24.3 Å². The lowest BCUT2D eigenvalue weighted by molar-refractivity contribution is 0.211. The highest BCUT2D eigenvalue weighted by molar-refractivity contribution is 5.47. The van der Waals surface area contributed by atoms with E-state index in [1.54, 1.807) is 18.3 Å². The summed E-state index contributed by atoms with van der Waals surface area (Å²) in [5.74, 6) is 0.955. The van der Waals surface area contributed by atoms with Gasteiger partial charge >= 0.3 is 0 Å². The van der Waals surface area contributed by atoms with Gasteiger partial charge in [-0.15, -0.1) is 0 Å². The first-order chi connectivity index (χ1) is 8.78. The van der Waals surface area contributed by atoms with Crippen LogP contribution in [0.2, 0.25) is 0 Å². The standard InChI is InChI=1S/C13H11FN2O2/c14-8-3-4-9-11(6-8)18-10-2-1-5-16-13(10)12(7-15)17-9/h1-6,12H,7,15H2/t12-/m0/s1. The van der Waals surface area contributed by atoms with Crippen molar-refractivity contribution in [3.63, 3.8) is 0 Å². The molecule has 1 aliphatic heterocycles. The molecule has 0 radical (unpaired) electrons. The van der Waals surface area contributed by atoms with Crippen LogP contribution >= 0.6 is 0 Å². The fourth-order valence-corrected chi connectivity index (χ4v) is 1.88. The van der Waals surface area contributed by atoms with E-state index >= 15 is 0 Å². The number of pyridine rings is 1. The Morgan fingerprint density at radius 3 is 2.94 bits per heavy atom. The minimum Gasteiger partial charge on any atom is -0.479 e. The fourth-order valence-electron chi connectivity index (χ4n) is 1.88. The first kappa shape index (κ1) is 11.0. The normalized spacial score (nSPS) is 16.9. The molecule has 0 saturated heterocycles. The van der Waals surface area contributed by atoms with Crippen LogP contribution in [0.5, 0.6) is 17.2 Å². The Balaban J connectivity index is 2.13. The molecule has 2 N–H and O–H groups in total. The first-order valence-corrected chi connectivity index (χ1v) is 5.57. The summed E-state index contributed by atoms with van der Waals surface area (Å²) in [5, 5.41) is 0. The van der Waals surface area contributed by atoms with E-state index < -0.39 is 6.10 Å². The molecule has 1 aliphatic rings. The molecule has 1 atom stereocenters. The van der Waals surface area contributed by atoms with E-state index in [-0.39, 0.29) is 12.4 Å². The molecule has 1 aromatic carbocycles. The molecule has 0 bridgehead atoms. The van der Waals surface area contributed by atoms with Crippen LogP contribution in [0.4, 0.5) is 4.39 Å². The van der Waals surface area contributed by atoms with Gasteiger partial charge in [0.15, 0.2) is 23.4 Å². The Bertz CT molecular complexity index is 589. The largest absolute Gasteiger partial charge is 0.479 e. The molecule has 2 heterocycles. The van der Waals surface area contributed by atoms with Crippen molar-refractivity contribution in [2.45, 2.75) is 6.10 Å². The Kier molecular flexibility index (Phi) is 2.60. The zero-order valence-corrected chi connectivity index (χ0v) is 9.47. The number of hydrogen-bond acceptors (Lipinski definition) is 4. The quantitative estimate of drug-likeness (QED) is 0.839. The fraction of sp³-hybridized carbons (Fsp3) is 0.154. The van der Waals surface area contributed by atoms with E-state index in [0.717, 1.165) is 0 Å². The summed E-state index contributed by atoms with van der Waals surface area (Å²) in [7, 11) is 0. The predicted octanol–water partition coefficient (Wildman–Crippen LogP) is 2.41. The number of ether oxygens (including phenoxy) is 2. The van der Waals surface area contributed by atoms with Crippen LogP contribution in [0.25, 0.3) is 0 Å². The number of aromatic nitrogens is 1. The second-order valence-corrected chi connectivity index (χ2v) is 3.92. The van der Waals surface area contributed by atoms with Crippen LogP contribution in [0.3, 0.4) is 0 Å². The van der Waals surface area contributed by atoms with Crippen molar-refractivity contribution < 1.29 is 13.9 Å². The Hall–Kier alpha value is -2.14. The molecule has 1 aromatic heterocycles. The van der Waals surface area contributed by atoms with E-state index in [2.05, 4.69) is 4.98 Å². The number of halogens is 1. The van der Waals surface area contributed by atoms with E-state index in [4.69, 9.17) is 15.2 Å². The van der Waals surface area contributed by atoms with Crippen LogP contribution in [0, 0.1) is 5.82 Å². The lowest BCUT2D eigenvalue weighted by atomic mass is 10.2. The SMILES string of the molecule is NC[C@@H]1Oc2ccc(F)cc2Oc2cccnc21. The van der Waals surface area contributed by atoms with Crippen molar-refractivity contribution in [1.29, 1.82) is 0 Å². The van der Waals surface area contributed by atoms with E-state index in [1.165, 1.54) is 18.2 Å². The smallest absolute Gasteiger partial charge is 0.172 e. The summed E-state index contributed by atoms with van der Waals surface area (Å²) in [6.07, 6.45) is 1.25.